The number of H-pyrrole nitrogens is 1. The Kier molecular flexibility index (Phi) is 3.19. The summed E-state index contributed by atoms with van der Waals surface area (Å²) in [5.74, 6) is -2.30. The first-order chi connectivity index (χ1) is 8.99. The van der Waals surface area contributed by atoms with Crippen molar-refractivity contribution in [2.24, 2.45) is 0 Å². The first-order valence-corrected chi connectivity index (χ1v) is 5.37. The molecular weight excluding hydrogens is 250 g/mol. The summed E-state index contributed by atoms with van der Waals surface area (Å²) in [6, 6.07) is 5.60. The second-order valence-corrected chi connectivity index (χ2v) is 3.90. The molecule has 2 aromatic rings. The molecule has 0 unspecified atom stereocenters. The minimum atomic E-state index is -1.27. The fourth-order valence-electron chi connectivity index (χ4n) is 1.54. The molecule has 0 aliphatic rings. The average Bonchev–Trinajstić information content (AvgIpc) is 2.78. The lowest BCUT2D eigenvalue weighted by molar-refractivity contribution is 0.0693. The molecule has 0 aliphatic heterocycles. The third-order valence-electron chi connectivity index (χ3n) is 2.45. The highest BCUT2D eigenvalue weighted by Gasteiger charge is 2.16. The fraction of sp³-hybridized carbons (Fsp3) is 0.0833. The molecule has 1 aromatic heterocycles. The molecule has 1 amide bonds. The lowest BCUT2D eigenvalue weighted by Gasteiger charge is -2.07. The third kappa shape index (κ3) is 2.54. The van der Waals surface area contributed by atoms with Gasteiger partial charge in [-0.1, -0.05) is 6.07 Å². The predicted octanol–water partition coefficient (Wildman–Crippen LogP) is 1.37. The molecule has 1 heterocycles. The lowest BCUT2D eigenvalue weighted by Crippen LogP contribution is -2.13. The van der Waals surface area contributed by atoms with E-state index in [-0.39, 0.29) is 16.9 Å². The first-order valence-electron chi connectivity index (χ1n) is 5.37. The fourth-order valence-corrected chi connectivity index (χ4v) is 1.54. The summed E-state index contributed by atoms with van der Waals surface area (Å²) in [6.45, 7) is 1.74. The summed E-state index contributed by atoms with van der Waals surface area (Å²) < 4.78 is 0. The van der Waals surface area contributed by atoms with E-state index in [4.69, 9.17) is 5.11 Å². The minimum absolute atomic E-state index is 0.0190. The van der Waals surface area contributed by atoms with Crippen molar-refractivity contribution in [2.45, 2.75) is 6.92 Å². The molecule has 0 aliphatic carbocycles. The molecule has 98 valence electrons. The van der Waals surface area contributed by atoms with Crippen molar-refractivity contribution in [3.05, 3.63) is 41.2 Å². The van der Waals surface area contributed by atoms with Crippen LogP contribution in [0.4, 0.5) is 5.69 Å². The number of carbonyl (C=O) groups is 2. The zero-order chi connectivity index (χ0) is 14.0. The van der Waals surface area contributed by atoms with E-state index in [0.717, 1.165) is 0 Å². The van der Waals surface area contributed by atoms with Crippen molar-refractivity contribution in [2.75, 3.05) is 5.32 Å². The topological polar surface area (TPSA) is 115 Å². The number of para-hydroxylation sites is 1. The number of aryl methyl sites for hydroxylation is 1. The number of amides is 1. The molecular formula is C12H11N3O4. The Morgan fingerprint density at radius 2 is 2.11 bits per heavy atom. The smallest absolute Gasteiger partial charge is 0.339 e. The zero-order valence-electron chi connectivity index (χ0n) is 9.97. The molecule has 7 heteroatoms. The first kappa shape index (κ1) is 12.6. The molecule has 2 rings (SSSR count). The summed E-state index contributed by atoms with van der Waals surface area (Å²) in [5, 5.41) is 27.4. The molecule has 0 fully saturated rings. The second-order valence-electron chi connectivity index (χ2n) is 3.90. The molecule has 0 spiro atoms. The van der Waals surface area contributed by atoms with Crippen molar-refractivity contribution in [3.63, 3.8) is 0 Å². The third-order valence-corrected chi connectivity index (χ3v) is 2.45. The largest absolute Gasteiger partial charge is 0.505 e. The van der Waals surface area contributed by atoms with E-state index in [1.807, 2.05) is 0 Å². The number of nitrogens with zero attached hydrogens (tertiary/aromatic N) is 1. The number of aromatic amines is 1. The van der Waals surface area contributed by atoms with Gasteiger partial charge in [-0.25, -0.2) is 4.79 Å². The highest BCUT2D eigenvalue weighted by molar-refractivity contribution is 6.05. The molecule has 0 radical (unpaired) electrons. The van der Waals surface area contributed by atoms with E-state index in [0.29, 0.717) is 5.69 Å². The standard InChI is InChI=1S/C12H11N3O4/c1-6-5-9(15-14-6)11(17)13-8-4-2-3-7(10(8)16)12(18)19/h2-5,16H,1H3,(H,13,17)(H,14,15)(H,18,19). The van der Waals surface area contributed by atoms with E-state index >= 15 is 0 Å². The summed E-state index contributed by atoms with van der Waals surface area (Å²) >= 11 is 0. The number of hydrogen-bond acceptors (Lipinski definition) is 4. The number of aromatic hydroxyl groups is 1. The van der Waals surface area contributed by atoms with Crippen LogP contribution in [0.2, 0.25) is 0 Å². The lowest BCUT2D eigenvalue weighted by atomic mass is 10.1. The quantitative estimate of drug-likeness (QED) is 0.623. The second kappa shape index (κ2) is 4.81. The van der Waals surface area contributed by atoms with Crippen LogP contribution in [-0.4, -0.2) is 32.3 Å². The van der Waals surface area contributed by atoms with E-state index < -0.39 is 17.6 Å². The van der Waals surface area contributed by atoms with Gasteiger partial charge in [0, 0.05) is 5.69 Å². The number of benzene rings is 1. The van der Waals surface area contributed by atoms with E-state index in [9.17, 15) is 14.7 Å². The molecule has 0 saturated carbocycles. The monoisotopic (exact) mass is 261 g/mol. The van der Waals surface area contributed by atoms with Crippen molar-refractivity contribution >= 4 is 17.6 Å². The van der Waals surface area contributed by atoms with Gasteiger partial charge in [0.2, 0.25) is 0 Å². The van der Waals surface area contributed by atoms with Gasteiger partial charge >= 0.3 is 5.97 Å². The Hall–Kier alpha value is -2.83. The highest BCUT2D eigenvalue weighted by atomic mass is 16.4. The maximum absolute atomic E-state index is 11.8. The highest BCUT2D eigenvalue weighted by Crippen LogP contribution is 2.27. The molecule has 0 bridgehead atoms. The van der Waals surface area contributed by atoms with Crippen LogP contribution in [0, 0.1) is 6.92 Å². The van der Waals surface area contributed by atoms with Gasteiger partial charge < -0.3 is 15.5 Å². The molecule has 1 aromatic carbocycles. The number of carboxylic acid groups (broad SMARTS) is 1. The van der Waals surface area contributed by atoms with Crippen LogP contribution in [0.25, 0.3) is 0 Å². The van der Waals surface area contributed by atoms with Crippen LogP contribution >= 0.6 is 0 Å². The zero-order valence-corrected chi connectivity index (χ0v) is 9.97. The molecule has 7 nitrogen and oxygen atoms in total. The SMILES string of the molecule is Cc1cc(C(=O)Nc2cccc(C(=O)O)c2O)n[nH]1. The number of hydrogen-bond donors (Lipinski definition) is 4. The maximum atomic E-state index is 11.8. The van der Waals surface area contributed by atoms with Crippen LogP contribution in [-0.2, 0) is 0 Å². The van der Waals surface area contributed by atoms with Gasteiger partial charge in [0.05, 0.1) is 5.69 Å². The Morgan fingerprint density at radius 3 is 2.68 bits per heavy atom. The molecule has 4 N–H and O–H groups in total. The van der Waals surface area contributed by atoms with Crippen LogP contribution < -0.4 is 5.32 Å². The van der Waals surface area contributed by atoms with Gasteiger partial charge in [-0.15, -0.1) is 0 Å². The van der Waals surface area contributed by atoms with Crippen LogP contribution in [0.3, 0.4) is 0 Å². The summed E-state index contributed by atoms with van der Waals surface area (Å²) in [4.78, 5) is 22.7. The summed E-state index contributed by atoms with van der Waals surface area (Å²) in [6.07, 6.45) is 0. The number of rotatable bonds is 3. The number of carbonyl (C=O) groups excluding carboxylic acids is 1. The molecule has 0 atom stereocenters. The Morgan fingerprint density at radius 1 is 1.37 bits per heavy atom. The van der Waals surface area contributed by atoms with Gasteiger partial charge in [-0.3, -0.25) is 9.89 Å². The van der Waals surface area contributed by atoms with E-state index in [2.05, 4.69) is 15.5 Å². The normalized spacial score (nSPS) is 10.2. The number of aromatic carboxylic acids is 1. The van der Waals surface area contributed by atoms with Gasteiger partial charge in [-0.05, 0) is 25.1 Å². The molecule has 19 heavy (non-hydrogen) atoms. The van der Waals surface area contributed by atoms with Gasteiger partial charge in [0.1, 0.15) is 5.56 Å². The van der Waals surface area contributed by atoms with Crippen LogP contribution in [0.15, 0.2) is 24.3 Å². The van der Waals surface area contributed by atoms with Crippen molar-refractivity contribution in [1.29, 1.82) is 0 Å². The van der Waals surface area contributed by atoms with Gasteiger partial charge in [0.15, 0.2) is 11.4 Å². The number of aromatic nitrogens is 2. The van der Waals surface area contributed by atoms with Gasteiger partial charge in [-0.2, -0.15) is 5.10 Å². The van der Waals surface area contributed by atoms with Crippen LogP contribution in [0.5, 0.6) is 5.75 Å². The average molecular weight is 261 g/mol. The number of carboxylic acids is 1. The maximum Gasteiger partial charge on any atom is 0.339 e. The van der Waals surface area contributed by atoms with Crippen molar-refractivity contribution < 1.29 is 19.8 Å². The summed E-state index contributed by atoms with van der Waals surface area (Å²) in [5.41, 5.74) is 0.604. The van der Waals surface area contributed by atoms with Crippen molar-refractivity contribution in [1.82, 2.24) is 10.2 Å². The molecule has 0 saturated heterocycles. The van der Waals surface area contributed by atoms with E-state index in [1.165, 1.54) is 24.3 Å². The minimum Gasteiger partial charge on any atom is -0.505 e. The summed E-state index contributed by atoms with van der Waals surface area (Å²) in [7, 11) is 0. The van der Waals surface area contributed by atoms with E-state index in [1.54, 1.807) is 6.92 Å². The Labute approximate surface area is 107 Å². The number of phenols is 1. The Balaban J connectivity index is 2.27. The Bertz CT molecular complexity index is 648. The number of anilines is 1. The number of nitrogens with one attached hydrogen (secondary N) is 2. The van der Waals surface area contributed by atoms with Crippen molar-refractivity contribution in [3.8, 4) is 5.75 Å². The van der Waals surface area contributed by atoms with Gasteiger partial charge in [0.25, 0.3) is 5.91 Å². The predicted molar refractivity (Wildman–Crippen MR) is 66.3 cm³/mol. The van der Waals surface area contributed by atoms with Crippen LogP contribution in [0.1, 0.15) is 26.5 Å².